The van der Waals surface area contributed by atoms with Crippen LogP contribution in [0.3, 0.4) is 0 Å². The Kier molecular flexibility index (Phi) is 53.1. The molecule has 7 heavy (non-hydrogen) atoms. The minimum absolute atomic E-state index is 0. The molecule has 0 bridgehead atoms. The van der Waals surface area contributed by atoms with Gasteiger partial charge in [0.2, 0.25) is 0 Å². The zero-order chi connectivity index (χ0) is 3.58. The predicted octanol–water partition coefficient (Wildman–Crippen LogP) is -3.24. The number of hydrogen-bond acceptors (Lipinski definition) is 3. The van der Waals surface area contributed by atoms with Gasteiger partial charge in [0, 0.05) is 0 Å². The topological polar surface area (TPSA) is 66.2 Å². The standard InChI is InChI=1S/ClH.La.NO3.Ti/c;;2-1(3)4;/h1H;;;/q;+3;-1;+4/p-1. The number of halogens is 1. The Balaban J connectivity index is -0.0000000150. The molecule has 0 aromatic rings. The van der Waals surface area contributed by atoms with E-state index >= 15 is 0 Å². The van der Waals surface area contributed by atoms with Crippen molar-refractivity contribution in [2.75, 3.05) is 0 Å². The van der Waals surface area contributed by atoms with Crippen molar-refractivity contribution in [3.8, 4) is 0 Å². The van der Waals surface area contributed by atoms with Gasteiger partial charge in [0.05, 0.1) is 5.09 Å². The molecule has 0 spiro atoms. The Morgan fingerprint density at radius 2 is 1.29 bits per heavy atom. The summed E-state index contributed by atoms with van der Waals surface area (Å²) in [6, 6.07) is 0. The zero-order valence-corrected chi connectivity index (χ0v) is 9.07. The van der Waals surface area contributed by atoms with Crippen molar-refractivity contribution >= 4 is 0 Å². The van der Waals surface area contributed by atoms with Crippen LogP contribution in [0.5, 0.6) is 0 Å². The molecule has 0 saturated heterocycles. The van der Waals surface area contributed by atoms with Crippen molar-refractivity contribution < 1.29 is 74.8 Å². The molecule has 0 aliphatic heterocycles. The molecule has 0 aliphatic carbocycles. The quantitative estimate of drug-likeness (QED) is 0.267. The minimum Gasteiger partial charge on any atom is -1.00 e. The van der Waals surface area contributed by atoms with Crippen LogP contribution >= 0.6 is 0 Å². The van der Waals surface area contributed by atoms with Crippen LogP contribution in [-0.2, 0) is 21.7 Å². The van der Waals surface area contributed by atoms with Crippen LogP contribution < -0.4 is 12.4 Å². The van der Waals surface area contributed by atoms with Gasteiger partial charge < -0.3 is 27.7 Å². The molecular weight excluding hydrogens is 284 g/mol. The van der Waals surface area contributed by atoms with E-state index in [1.807, 2.05) is 0 Å². The summed E-state index contributed by atoms with van der Waals surface area (Å²) >= 11 is 0. The van der Waals surface area contributed by atoms with Crippen molar-refractivity contribution in [3.05, 3.63) is 15.3 Å². The molecule has 0 atom stereocenters. The Hall–Kier alpha value is 1.40. The molecule has 0 amide bonds. The fraction of sp³-hybridized carbons (Fsp3) is 0. The van der Waals surface area contributed by atoms with Crippen LogP contribution in [0.15, 0.2) is 0 Å². The van der Waals surface area contributed by atoms with Gasteiger partial charge in [0.15, 0.2) is 0 Å². The second-order valence-corrected chi connectivity index (χ2v) is 0.224. The van der Waals surface area contributed by atoms with E-state index in [1.165, 1.54) is 0 Å². The van der Waals surface area contributed by atoms with E-state index in [1.54, 1.807) is 0 Å². The van der Waals surface area contributed by atoms with E-state index in [4.69, 9.17) is 15.3 Å². The van der Waals surface area contributed by atoms with Gasteiger partial charge in [-0.3, -0.25) is 0 Å². The Labute approximate surface area is 89.0 Å². The maximum absolute atomic E-state index is 8.25. The summed E-state index contributed by atoms with van der Waals surface area (Å²) in [5.74, 6) is 0. The van der Waals surface area contributed by atoms with Gasteiger partial charge in [-0.1, -0.05) is 0 Å². The summed E-state index contributed by atoms with van der Waals surface area (Å²) in [5.41, 5.74) is 0. The van der Waals surface area contributed by atoms with Crippen LogP contribution in [-0.4, -0.2) is 5.09 Å². The second-order valence-electron chi connectivity index (χ2n) is 0.224. The fourth-order valence-electron chi connectivity index (χ4n) is 0. The van der Waals surface area contributed by atoms with Gasteiger partial charge in [0.1, 0.15) is 0 Å². The van der Waals surface area contributed by atoms with Crippen molar-refractivity contribution in [1.29, 1.82) is 0 Å². The van der Waals surface area contributed by atoms with Crippen LogP contribution in [0, 0.1) is 50.9 Å². The van der Waals surface area contributed by atoms with E-state index < -0.39 is 5.09 Å². The predicted molar refractivity (Wildman–Crippen MR) is 10.4 cm³/mol. The maximum Gasteiger partial charge on any atom is 4.00 e. The summed E-state index contributed by atoms with van der Waals surface area (Å²) in [5, 5.41) is 14.8. The number of nitrogens with zero attached hydrogens (tertiary/aromatic N) is 1. The molecule has 0 aliphatic rings. The fourth-order valence-corrected chi connectivity index (χ4v) is 0. The van der Waals surface area contributed by atoms with Crippen LogP contribution in [0.2, 0.25) is 0 Å². The van der Waals surface area contributed by atoms with E-state index in [0.717, 1.165) is 0 Å². The van der Waals surface area contributed by atoms with Gasteiger partial charge in [-0.05, 0) is 0 Å². The van der Waals surface area contributed by atoms with Gasteiger partial charge in [-0.2, -0.15) is 0 Å². The second kappa shape index (κ2) is 15.7. The zero-order valence-electron chi connectivity index (χ0n) is 3.13. The summed E-state index contributed by atoms with van der Waals surface area (Å²) in [7, 11) is 0. The average molecular weight is 284 g/mol. The van der Waals surface area contributed by atoms with Gasteiger partial charge >= 0.3 is 57.3 Å². The van der Waals surface area contributed by atoms with E-state index in [0.29, 0.717) is 0 Å². The molecular formula is ClLaNO3Ti+5. The normalized spacial score (nSPS) is 3.43. The first-order valence-electron chi connectivity index (χ1n) is 0.548. The first-order chi connectivity index (χ1) is 1.73. The number of rotatable bonds is 0. The first kappa shape index (κ1) is 23.8. The molecule has 7 heteroatoms. The molecule has 0 unspecified atom stereocenters. The van der Waals surface area contributed by atoms with Crippen molar-refractivity contribution in [1.82, 2.24) is 0 Å². The van der Waals surface area contributed by atoms with Gasteiger partial charge in [-0.15, -0.1) is 0 Å². The molecule has 0 saturated carbocycles. The third-order valence-corrected chi connectivity index (χ3v) is 0. The van der Waals surface area contributed by atoms with Gasteiger partial charge in [-0.25, -0.2) is 0 Å². The summed E-state index contributed by atoms with van der Waals surface area (Å²) in [4.78, 5) is 8.25. The Morgan fingerprint density at radius 3 is 1.29 bits per heavy atom. The largest absolute Gasteiger partial charge is 4.00 e. The molecule has 0 aromatic carbocycles. The number of hydrogen-bond donors (Lipinski definition) is 0. The van der Waals surface area contributed by atoms with Crippen LogP contribution in [0.25, 0.3) is 0 Å². The molecule has 4 nitrogen and oxygen atoms in total. The van der Waals surface area contributed by atoms with Crippen LogP contribution in [0.4, 0.5) is 0 Å². The SMILES string of the molecule is O=[N+]([O-])[O-].[Cl-].[La+3].[Ti+4]. The average Bonchev–Trinajstić information content (AvgIpc) is 0.811. The van der Waals surface area contributed by atoms with E-state index in [-0.39, 0.29) is 69.7 Å². The van der Waals surface area contributed by atoms with Crippen LogP contribution in [0.1, 0.15) is 0 Å². The molecule has 0 aromatic heterocycles. The molecule has 0 heterocycles. The minimum atomic E-state index is -1.75. The monoisotopic (exact) mass is 284 g/mol. The molecule has 0 rings (SSSR count). The van der Waals surface area contributed by atoms with Crippen molar-refractivity contribution in [2.24, 2.45) is 0 Å². The smallest absolute Gasteiger partial charge is 1.00 e. The third-order valence-electron chi connectivity index (χ3n) is 0. The van der Waals surface area contributed by atoms with Crippen molar-refractivity contribution in [2.45, 2.75) is 0 Å². The molecule has 32 valence electrons. The van der Waals surface area contributed by atoms with Gasteiger partial charge in [0.25, 0.3) is 0 Å². The Bertz CT molecular complexity index is 37.9. The third kappa shape index (κ3) is 110. The maximum atomic E-state index is 8.25. The van der Waals surface area contributed by atoms with Crippen molar-refractivity contribution in [3.63, 3.8) is 0 Å². The summed E-state index contributed by atoms with van der Waals surface area (Å²) < 4.78 is 0. The summed E-state index contributed by atoms with van der Waals surface area (Å²) in [6.07, 6.45) is 0. The first-order valence-corrected chi connectivity index (χ1v) is 0.548. The van der Waals surface area contributed by atoms with E-state index in [9.17, 15) is 0 Å². The molecule has 0 radical (unpaired) electrons. The summed E-state index contributed by atoms with van der Waals surface area (Å²) in [6.45, 7) is 0. The Morgan fingerprint density at radius 1 is 1.29 bits per heavy atom. The van der Waals surface area contributed by atoms with E-state index in [2.05, 4.69) is 0 Å². The molecule has 0 N–H and O–H groups in total. The molecule has 0 fully saturated rings.